The normalized spacial score (nSPS) is 10.6. The average Bonchev–Trinajstić information content (AvgIpc) is 3.15. The van der Waals surface area contributed by atoms with Gasteiger partial charge in [0.05, 0.1) is 19.9 Å². The van der Waals surface area contributed by atoms with E-state index in [9.17, 15) is 0 Å². The van der Waals surface area contributed by atoms with Gasteiger partial charge in [-0.1, -0.05) is 30.3 Å². The molecule has 0 aliphatic heterocycles. The highest BCUT2D eigenvalue weighted by atomic mass is 16.5. The smallest absolute Gasteiger partial charge is 0.161 e. The number of benzene rings is 2. The Hall–Kier alpha value is -2.72. The maximum atomic E-state index is 5.95. The van der Waals surface area contributed by atoms with Crippen LogP contribution in [0.3, 0.4) is 0 Å². The van der Waals surface area contributed by atoms with E-state index in [4.69, 9.17) is 13.9 Å². The topological polar surface area (TPSA) is 43.6 Å². The summed E-state index contributed by atoms with van der Waals surface area (Å²) in [6.07, 6.45) is 1.68. The Morgan fingerprint density at radius 1 is 0.960 bits per heavy atom. The van der Waals surface area contributed by atoms with Crippen molar-refractivity contribution in [2.75, 3.05) is 7.11 Å². The van der Waals surface area contributed by atoms with E-state index in [0.717, 1.165) is 29.4 Å². The molecule has 130 valence electrons. The van der Waals surface area contributed by atoms with E-state index < -0.39 is 0 Å². The van der Waals surface area contributed by atoms with Crippen molar-refractivity contribution in [2.45, 2.75) is 26.6 Å². The van der Waals surface area contributed by atoms with Gasteiger partial charge in [-0.25, -0.2) is 0 Å². The van der Waals surface area contributed by atoms with Crippen molar-refractivity contribution in [2.24, 2.45) is 0 Å². The zero-order chi connectivity index (χ0) is 17.5. The van der Waals surface area contributed by atoms with Crippen molar-refractivity contribution in [3.05, 3.63) is 83.3 Å². The van der Waals surface area contributed by atoms with Gasteiger partial charge in [0, 0.05) is 6.54 Å². The Morgan fingerprint density at radius 2 is 1.84 bits per heavy atom. The second-order valence-corrected chi connectivity index (χ2v) is 5.88. The highest BCUT2D eigenvalue weighted by Gasteiger charge is 2.07. The van der Waals surface area contributed by atoms with Crippen LogP contribution in [0.15, 0.2) is 65.3 Å². The molecule has 0 fully saturated rings. The molecule has 0 aliphatic carbocycles. The summed E-state index contributed by atoms with van der Waals surface area (Å²) in [5.41, 5.74) is 3.53. The Morgan fingerprint density at radius 3 is 2.60 bits per heavy atom. The van der Waals surface area contributed by atoms with Crippen LogP contribution in [0, 0.1) is 6.92 Å². The summed E-state index contributed by atoms with van der Waals surface area (Å²) in [5, 5.41) is 3.35. The van der Waals surface area contributed by atoms with Gasteiger partial charge in [-0.05, 0) is 47.9 Å². The van der Waals surface area contributed by atoms with Crippen molar-refractivity contribution in [1.29, 1.82) is 0 Å². The summed E-state index contributed by atoms with van der Waals surface area (Å²) >= 11 is 0. The number of furan rings is 1. The molecule has 0 saturated carbocycles. The monoisotopic (exact) mass is 337 g/mol. The van der Waals surface area contributed by atoms with Crippen LogP contribution in [-0.4, -0.2) is 7.11 Å². The minimum Gasteiger partial charge on any atom is -0.493 e. The van der Waals surface area contributed by atoms with Gasteiger partial charge in [-0.3, -0.25) is 0 Å². The first-order chi connectivity index (χ1) is 12.3. The van der Waals surface area contributed by atoms with Crippen molar-refractivity contribution in [3.63, 3.8) is 0 Å². The maximum absolute atomic E-state index is 5.95. The van der Waals surface area contributed by atoms with Crippen molar-refractivity contribution >= 4 is 0 Å². The first-order valence-corrected chi connectivity index (χ1v) is 8.33. The van der Waals surface area contributed by atoms with Gasteiger partial charge < -0.3 is 19.2 Å². The lowest BCUT2D eigenvalue weighted by Gasteiger charge is -2.13. The number of rotatable bonds is 8. The quantitative estimate of drug-likeness (QED) is 0.659. The Bertz CT molecular complexity index is 797. The van der Waals surface area contributed by atoms with E-state index in [0.29, 0.717) is 13.2 Å². The van der Waals surface area contributed by atoms with Gasteiger partial charge in [-0.15, -0.1) is 0 Å². The molecule has 0 bridgehead atoms. The number of nitrogens with one attached hydrogen (secondary N) is 1. The molecule has 0 saturated heterocycles. The summed E-state index contributed by atoms with van der Waals surface area (Å²) in [4.78, 5) is 0. The second kappa shape index (κ2) is 8.40. The fraction of sp³-hybridized carbons (Fsp3) is 0.238. The number of hydrogen-bond donors (Lipinski definition) is 1. The molecule has 2 aromatic carbocycles. The fourth-order valence-corrected chi connectivity index (χ4v) is 2.61. The molecule has 1 N–H and O–H groups in total. The lowest BCUT2D eigenvalue weighted by Crippen LogP contribution is -2.12. The predicted molar refractivity (Wildman–Crippen MR) is 97.8 cm³/mol. The van der Waals surface area contributed by atoms with Gasteiger partial charge >= 0.3 is 0 Å². The molecule has 0 unspecified atom stereocenters. The minimum absolute atomic E-state index is 0.527. The van der Waals surface area contributed by atoms with Gasteiger partial charge in [0.2, 0.25) is 0 Å². The van der Waals surface area contributed by atoms with E-state index >= 15 is 0 Å². The first-order valence-electron chi connectivity index (χ1n) is 8.33. The molecule has 0 radical (unpaired) electrons. The third-order valence-electron chi connectivity index (χ3n) is 4.08. The summed E-state index contributed by atoms with van der Waals surface area (Å²) in [6.45, 7) is 4.04. The first kappa shape index (κ1) is 17.1. The standard InChI is InChI=1S/C21H23NO3/c1-16-6-3-4-7-18(16)15-25-20-10-9-17(12-21(20)23-2)13-22-14-19-8-5-11-24-19/h3-12,22H,13-15H2,1-2H3. The molecule has 0 amide bonds. The minimum atomic E-state index is 0.527. The third-order valence-corrected chi connectivity index (χ3v) is 4.08. The maximum Gasteiger partial charge on any atom is 0.161 e. The van der Waals surface area contributed by atoms with Crippen LogP contribution in [0.1, 0.15) is 22.5 Å². The summed E-state index contributed by atoms with van der Waals surface area (Å²) in [6, 6.07) is 18.1. The molecule has 0 aliphatic rings. The lowest BCUT2D eigenvalue weighted by molar-refractivity contribution is 0.283. The van der Waals surface area contributed by atoms with Crippen molar-refractivity contribution in [3.8, 4) is 11.5 Å². The van der Waals surface area contributed by atoms with E-state index in [1.165, 1.54) is 11.1 Å². The largest absolute Gasteiger partial charge is 0.493 e. The molecular weight excluding hydrogens is 314 g/mol. The Labute approximate surface area is 148 Å². The zero-order valence-electron chi connectivity index (χ0n) is 14.6. The molecule has 4 heteroatoms. The number of methoxy groups -OCH3 is 1. The molecule has 1 aromatic heterocycles. The summed E-state index contributed by atoms with van der Waals surface area (Å²) in [5.74, 6) is 2.41. The molecule has 3 aromatic rings. The lowest BCUT2D eigenvalue weighted by atomic mass is 10.1. The molecule has 3 rings (SSSR count). The van der Waals surface area contributed by atoms with Crippen LogP contribution in [0.5, 0.6) is 11.5 Å². The highest BCUT2D eigenvalue weighted by Crippen LogP contribution is 2.29. The van der Waals surface area contributed by atoms with Gasteiger partial charge in [-0.2, -0.15) is 0 Å². The summed E-state index contributed by atoms with van der Waals surface area (Å²) in [7, 11) is 1.66. The highest BCUT2D eigenvalue weighted by molar-refractivity contribution is 5.43. The van der Waals surface area contributed by atoms with E-state index in [1.807, 2.05) is 42.5 Å². The van der Waals surface area contributed by atoms with Gasteiger partial charge in [0.1, 0.15) is 12.4 Å². The predicted octanol–water partition coefficient (Wildman–Crippen LogP) is 4.47. The number of ether oxygens (including phenoxy) is 2. The van der Waals surface area contributed by atoms with Crippen LogP contribution in [0.4, 0.5) is 0 Å². The van der Waals surface area contributed by atoms with E-state index in [2.05, 4.69) is 24.4 Å². The average molecular weight is 337 g/mol. The Balaban J connectivity index is 1.60. The molecule has 1 heterocycles. The third kappa shape index (κ3) is 4.64. The SMILES string of the molecule is COc1cc(CNCc2ccco2)ccc1OCc1ccccc1C. The van der Waals surface area contributed by atoms with Gasteiger partial charge in [0.15, 0.2) is 11.5 Å². The van der Waals surface area contributed by atoms with Crippen molar-refractivity contribution < 1.29 is 13.9 Å². The zero-order valence-corrected chi connectivity index (χ0v) is 14.6. The molecule has 25 heavy (non-hydrogen) atoms. The van der Waals surface area contributed by atoms with Crippen LogP contribution in [0.25, 0.3) is 0 Å². The molecular formula is C21H23NO3. The van der Waals surface area contributed by atoms with E-state index in [1.54, 1.807) is 13.4 Å². The van der Waals surface area contributed by atoms with E-state index in [-0.39, 0.29) is 0 Å². The number of aryl methyl sites for hydroxylation is 1. The molecule has 0 spiro atoms. The number of hydrogen-bond acceptors (Lipinski definition) is 4. The second-order valence-electron chi connectivity index (χ2n) is 5.88. The van der Waals surface area contributed by atoms with Crippen LogP contribution < -0.4 is 14.8 Å². The Kier molecular flexibility index (Phi) is 5.75. The fourth-order valence-electron chi connectivity index (χ4n) is 2.61. The van der Waals surface area contributed by atoms with Crippen LogP contribution in [-0.2, 0) is 19.7 Å². The van der Waals surface area contributed by atoms with Crippen LogP contribution >= 0.6 is 0 Å². The van der Waals surface area contributed by atoms with Crippen molar-refractivity contribution in [1.82, 2.24) is 5.32 Å². The molecule has 0 atom stereocenters. The molecule has 4 nitrogen and oxygen atoms in total. The summed E-state index contributed by atoms with van der Waals surface area (Å²) < 4.78 is 16.8. The van der Waals surface area contributed by atoms with Crippen LogP contribution in [0.2, 0.25) is 0 Å². The van der Waals surface area contributed by atoms with Gasteiger partial charge in [0.25, 0.3) is 0 Å².